The maximum atomic E-state index is 13.4. The van der Waals surface area contributed by atoms with Gasteiger partial charge in [0.25, 0.3) is 0 Å². The summed E-state index contributed by atoms with van der Waals surface area (Å²) in [6.45, 7) is 4.17. The molecule has 3 nitrogen and oxygen atoms in total. The molecule has 88 valence electrons. The minimum absolute atomic E-state index is 0.378. The summed E-state index contributed by atoms with van der Waals surface area (Å²) in [7, 11) is 0. The Bertz CT molecular complexity index is 583. The first-order chi connectivity index (χ1) is 8.13. The van der Waals surface area contributed by atoms with Crippen molar-refractivity contribution in [3.8, 4) is 0 Å². The topological polar surface area (TPSA) is 50.9 Å². The van der Waals surface area contributed by atoms with Crippen LogP contribution in [0.1, 0.15) is 0 Å². The standard InChI is InChI=1S/C12H11BrFN3/c1-2-3-16-12-8-4-7(14)5-10(15)11(8)9(13)6-17-12/h2,4-6H,1,3,15H2,(H,16,17). The second-order valence-corrected chi connectivity index (χ2v) is 4.40. The van der Waals surface area contributed by atoms with Crippen molar-refractivity contribution in [2.45, 2.75) is 0 Å². The van der Waals surface area contributed by atoms with Crippen LogP contribution in [0, 0.1) is 5.82 Å². The third-order valence-electron chi connectivity index (χ3n) is 2.35. The molecule has 0 aliphatic heterocycles. The lowest BCUT2D eigenvalue weighted by Gasteiger charge is -2.10. The number of nitrogen functional groups attached to an aromatic ring is 1. The fourth-order valence-corrected chi connectivity index (χ4v) is 2.19. The molecular formula is C12H11BrFN3. The summed E-state index contributed by atoms with van der Waals surface area (Å²) < 4.78 is 14.1. The number of benzene rings is 1. The molecule has 0 aliphatic carbocycles. The molecule has 2 rings (SSSR count). The molecule has 5 heteroatoms. The quantitative estimate of drug-likeness (QED) is 0.675. The number of nitrogens with zero attached hydrogens (tertiary/aromatic N) is 1. The van der Waals surface area contributed by atoms with Gasteiger partial charge in [-0.3, -0.25) is 0 Å². The van der Waals surface area contributed by atoms with E-state index in [1.54, 1.807) is 12.3 Å². The van der Waals surface area contributed by atoms with Crippen LogP contribution in [0.2, 0.25) is 0 Å². The maximum Gasteiger partial charge on any atom is 0.134 e. The molecule has 0 bridgehead atoms. The lowest BCUT2D eigenvalue weighted by molar-refractivity contribution is 0.630. The van der Waals surface area contributed by atoms with E-state index in [9.17, 15) is 4.39 Å². The predicted octanol–water partition coefficient (Wildman–Crippen LogP) is 3.32. The van der Waals surface area contributed by atoms with E-state index in [0.717, 1.165) is 9.86 Å². The predicted molar refractivity (Wildman–Crippen MR) is 72.5 cm³/mol. The van der Waals surface area contributed by atoms with Crippen molar-refractivity contribution in [3.63, 3.8) is 0 Å². The van der Waals surface area contributed by atoms with Gasteiger partial charge >= 0.3 is 0 Å². The van der Waals surface area contributed by atoms with Crippen LogP contribution in [-0.4, -0.2) is 11.5 Å². The zero-order valence-electron chi connectivity index (χ0n) is 9.00. The monoisotopic (exact) mass is 295 g/mol. The fourth-order valence-electron chi connectivity index (χ4n) is 1.65. The molecule has 0 spiro atoms. The average Bonchev–Trinajstić information content (AvgIpc) is 2.27. The molecule has 0 saturated heterocycles. The first kappa shape index (κ1) is 11.9. The number of hydrogen-bond donors (Lipinski definition) is 2. The normalized spacial score (nSPS) is 10.5. The highest BCUT2D eigenvalue weighted by Crippen LogP contribution is 2.33. The third-order valence-corrected chi connectivity index (χ3v) is 2.95. The smallest absolute Gasteiger partial charge is 0.134 e. The summed E-state index contributed by atoms with van der Waals surface area (Å²) in [5.74, 6) is 0.214. The summed E-state index contributed by atoms with van der Waals surface area (Å²) in [5, 5.41) is 4.46. The molecule has 17 heavy (non-hydrogen) atoms. The van der Waals surface area contributed by atoms with Crippen LogP contribution in [0.4, 0.5) is 15.9 Å². The van der Waals surface area contributed by atoms with Crippen molar-refractivity contribution in [2.75, 3.05) is 17.6 Å². The molecule has 0 saturated carbocycles. The van der Waals surface area contributed by atoms with E-state index in [1.807, 2.05) is 0 Å². The van der Waals surface area contributed by atoms with Crippen molar-refractivity contribution in [1.29, 1.82) is 0 Å². The van der Waals surface area contributed by atoms with Crippen molar-refractivity contribution in [2.24, 2.45) is 0 Å². The molecule has 1 heterocycles. The van der Waals surface area contributed by atoms with Gasteiger partial charge in [0.15, 0.2) is 0 Å². The number of anilines is 2. The van der Waals surface area contributed by atoms with Gasteiger partial charge in [0.1, 0.15) is 11.6 Å². The number of rotatable bonds is 3. The van der Waals surface area contributed by atoms with Crippen LogP contribution in [0.3, 0.4) is 0 Å². The van der Waals surface area contributed by atoms with Gasteiger partial charge in [0, 0.05) is 33.7 Å². The Labute approximate surface area is 107 Å². The molecule has 0 unspecified atom stereocenters. The lowest BCUT2D eigenvalue weighted by Crippen LogP contribution is -2.02. The second-order valence-electron chi connectivity index (χ2n) is 3.54. The van der Waals surface area contributed by atoms with E-state index >= 15 is 0 Å². The van der Waals surface area contributed by atoms with Gasteiger partial charge in [0.05, 0.1) is 0 Å². The second kappa shape index (κ2) is 4.71. The van der Waals surface area contributed by atoms with E-state index in [0.29, 0.717) is 23.4 Å². The van der Waals surface area contributed by atoms with Gasteiger partial charge in [0.2, 0.25) is 0 Å². The van der Waals surface area contributed by atoms with Gasteiger partial charge in [-0.15, -0.1) is 6.58 Å². The minimum atomic E-state index is -0.378. The Hall–Kier alpha value is -1.62. The Morgan fingerprint density at radius 3 is 3.00 bits per heavy atom. The number of nitrogens with one attached hydrogen (secondary N) is 1. The van der Waals surface area contributed by atoms with E-state index in [-0.39, 0.29) is 5.82 Å². The summed E-state index contributed by atoms with van der Waals surface area (Å²) in [6.07, 6.45) is 3.35. The molecule has 0 radical (unpaired) electrons. The van der Waals surface area contributed by atoms with Crippen LogP contribution in [-0.2, 0) is 0 Å². The molecule has 3 N–H and O–H groups in total. The van der Waals surface area contributed by atoms with E-state index in [2.05, 4.69) is 32.8 Å². The third kappa shape index (κ3) is 2.24. The number of nitrogens with two attached hydrogens (primary N) is 1. The summed E-state index contributed by atoms with van der Waals surface area (Å²) in [4.78, 5) is 4.20. The van der Waals surface area contributed by atoms with Crippen molar-refractivity contribution in [3.05, 3.63) is 41.3 Å². The van der Waals surface area contributed by atoms with Crippen LogP contribution < -0.4 is 11.1 Å². The lowest BCUT2D eigenvalue weighted by atomic mass is 10.1. The van der Waals surface area contributed by atoms with Crippen LogP contribution >= 0.6 is 15.9 Å². The highest BCUT2D eigenvalue weighted by Gasteiger charge is 2.10. The molecule has 0 amide bonds. The SMILES string of the molecule is C=CCNc1ncc(Br)c2c(N)cc(F)cc12. The van der Waals surface area contributed by atoms with Gasteiger partial charge in [-0.25, -0.2) is 9.37 Å². The van der Waals surface area contributed by atoms with Crippen LogP contribution in [0.5, 0.6) is 0 Å². The van der Waals surface area contributed by atoms with Crippen LogP contribution in [0.25, 0.3) is 10.8 Å². The summed E-state index contributed by atoms with van der Waals surface area (Å²) in [5.41, 5.74) is 6.19. The summed E-state index contributed by atoms with van der Waals surface area (Å²) in [6, 6.07) is 2.71. The first-order valence-electron chi connectivity index (χ1n) is 5.01. The number of aromatic nitrogens is 1. The molecular weight excluding hydrogens is 285 g/mol. The molecule has 1 aromatic carbocycles. The Kier molecular flexibility index (Phi) is 3.28. The maximum absolute atomic E-state index is 13.4. The largest absolute Gasteiger partial charge is 0.398 e. The highest BCUT2D eigenvalue weighted by atomic mass is 79.9. The number of halogens is 2. The van der Waals surface area contributed by atoms with Crippen LogP contribution in [0.15, 0.2) is 35.5 Å². The van der Waals surface area contributed by atoms with E-state index < -0.39 is 0 Å². The van der Waals surface area contributed by atoms with E-state index in [4.69, 9.17) is 5.73 Å². The molecule has 0 atom stereocenters. The summed E-state index contributed by atoms with van der Waals surface area (Å²) >= 11 is 3.36. The van der Waals surface area contributed by atoms with Gasteiger partial charge in [-0.2, -0.15) is 0 Å². The van der Waals surface area contributed by atoms with Crippen molar-refractivity contribution >= 4 is 38.2 Å². The molecule has 1 aromatic heterocycles. The Balaban J connectivity index is 2.70. The van der Waals surface area contributed by atoms with Crippen molar-refractivity contribution in [1.82, 2.24) is 4.98 Å². The fraction of sp³-hybridized carbons (Fsp3) is 0.0833. The van der Waals surface area contributed by atoms with Gasteiger partial charge in [-0.1, -0.05) is 6.08 Å². The van der Waals surface area contributed by atoms with Gasteiger partial charge in [-0.05, 0) is 28.1 Å². The number of fused-ring (bicyclic) bond motifs is 1. The number of pyridine rings is 1. The Morgan fingerprint density at radius 2 is 2.29 bits per heavy atom. The molecule has 0 aliphatic rings. The van der Waals surface area contributed by atoms with Gasteiger partial charge < -0.3 is 11.1 Å². The Morgan fingerprint density at radius 1 is 1.53 bits per heavy atom. The highest BCUT2D eigenvalue weighted by molar-refractivity contribution is 9.10. The van der Waals surface area contributed by atoms with E-state index in [1.165, 1.54) is 12.1 Å². The first-order valence-corrected chi connectivity index (χ1v) is 5.80. The van der Waals surface area contributed by atoms with Crippen molar-refractivity contribution < 1.29 is 4.39 Å². The zero-order valence-corrected chi connectivity index (χ0v) is 10.6. The molecule has 0 fully saturated rings. The number of hydrogen-bond acceptors (Lipinski definition) is 3. The zero-order chi connectivity index (χ0) is 12.4. The molecule has 2 aromatic rings. The minimum Gasteiger partial charge on any atom is -0.398 e. The average molecular weight is 296 g/mol.